The Hall–Kier alpha value is -0.610. The fourth-order valence-corrected chi connectivity index (χ4v) is 4.28. The first-order valence-corrected chi connectivity index (χ1v) is 8.56. The molecular weight excluding hydrogens is 314 g/mol. The lowest BCUT2D eigenvalue weighted by atomic mass is 9.77. The van der Waals surface area contributed by atoms with Gasteiger partial charge in [-0.25, -0.2) is 4.98 Å². The van der Waals surface area contributed by atoms with Crippen molar-refractivity contribution in [3.8, 4) is 0 Å². The van der Waals surface area contributed by atoms with Gasteiger partial charge in [-0.1, -0.05) is 12.8 Å². The summed E-state index contributed by atoms with van der Waals surface area (Å²) in [5.41, 5.74) is 1.97. The molecule has 3 nitrogen and oxygen atoms in total. The van der Waals surface area contributed by atoms with E-state index in [2.05, 4.69) is 37.2 Å². The largest absolute Gasteiger partial charge is 0.356 e. The molecule has 1 aromatic heterocycles. The van der Waals surface area contributed by atoms with Crippen LogP contribution in [-0.2, 0) is 6.54 Å². The van der Waals surface area contributed by atoms with E-state index in [0.717, 1.165) is 11.0 Å². The lowest BCUT2D eigenvalue weighted by Crippen LogP contribution is -2.39. The first-order chi connectivity index (χ1) is 9.72. The van der Waals surface area contributed by atoms with Crippen molar-refractivity contribution in [3.05, 3.63) is 22.3 Å². The number of nitrogens with one attached hydrogen (secondary N) is 1. The fourth-order valence-electron chi connectivity index (χ4n) is 3.90. The van der Waals surface area contributed by atoms with Crippen LogP contribution in [0.25, 0.3) is 0 Å². The van der Waals surface area contributed by atoms with Crippen molar-refractivity contribution in [1.82, 2.24) is 10.3 Å². The Balaban J connectivity index is 1.74. The molecule has 3 rings (SSSR count). The lowest BCUT2D eigenvalue weighted by Gasteiger charge is -2.40. The number of hydrogen-bond donors (Lipinski definition) is 1. The number of rotatable bonds is 3. The smallest absolute Gasteiger partial charge is 0.133 e. The maximum atomic E-state index is 4.67. The van der Waals surface area contributed by atoms with Crippen molar-refractivity contribution in [2.45, 2.75) is 45.1 Å². The minimum atomic E-state index is 0.676. The molecule has 1 saturated carbocycles. The zero-order valence-corrected chi connectivity index (χ0v) is 13.9. The van der Waals surface area contributed by atoms with Crippen molar-refractivity contribution in [1.29, 1.82) is 0 Å². The third kappa shape index (κ3) is 2.86. The van der Waals surface area contributed by atoms with Gasteiger partial charge in [-0.2, -0.15) is 0 Å². The summed E-state index contributed by atoms with van der Waals surface area (Å²) in [7, 11) is 1.99. The second-order valence-electron chi connectivity index (χ2n) is 6.36. The molecule has 2 fully saturated rings. The number of aromatic nitrogens is 1. The van der Waals surface area contributed by atoms with Gasteiger partial charge in [0.1, 0.15) is 5.82 Å². The first-order valence-electron chi connectivity index (χ1n) is 7.76. The van der Waals surface area contributed by atoms with Gasteiger partial charge in [0.2, 0.25) is 0 Å². The monoisotopic (exact) mass is 337 g/mol. The molecule has 1 spiro atoms. The minimum absolute atomic E-state index is 0.676. The van der Waals surface area contributed by atoms with E-state index in [1.54, 1.807) is 0 Å². The summed E-state index contributed by atoms with van der Waals surface area (Å²) < 4.78 is 1.07. The normalized spacial score (nSPS) is 21.6. The second-order valence-corrected chi connectivity index (χ2v) is 7.28. The lowest BCUT2D eigenvalue weighted by molar-refractivity contribution is 0.226. The van der Waals surface area contributed by atoms with Gasteiger partial charge in [0.05, 0.1) is 0 Å². The van der Waals surface area contributed by atoms with Crippen LogP contribution in [0.3, 0.4) is 0 Å². The SMILES string of the molecule is CNCc1cc(Br)cnc1N1CCC2(CCCC2)CC1. The van der Waals surface area contributed by atoms with Crippen molar-refractivity contribution < 1.29 is 0 Å². The molecule has 2 aliphatic rings. The van der Waals surface area contributed by atoms with E-state index in [9.17, 15) is 0 Å². The molecule has 0 aromatic carbocycles. The van der Waals surface area contributed by atoms with Gasteiger partial charge in [0.15, 0.2) is 0 Å². The number of hydrogen-bond acceptors (Lipinski definition) is 3. The summed E-state index contributed by atoms with van der Waals surface area (Å²) in [4.78, 5) is 7.16. The Kier molecular flexibility index (Phi) is 4.32. The third-order valence-electron chi connectivity index (χ3n) is 5.06. The standard InChI is InChI=1S/C16H24BrN3/c1-18-11-13-10-14(17)12-19-15(13)20-8-6-16(7-9-20)4-2-3-5-16/h10,12,18H,2-9,11H2,1H3. The molecule has 20 heavy (non-hydrogen) atoms. The highest BCUT2D eigenvalue weighted by molar-refractivity contribution is 9.10. The fraction of sp³-hybridized carbons (Fsp3) is 0.688. The molecule has 0 atom stereocenters. The molecule has 1 aliphatic heterocycles. The molecule has 0 amide bonds. The number of piperidine rings is 1. The van der Waals surface area contributed by atoms with Crippen molar-refractivity contribution in [3.63, 3.8) is 0 Å². The molecule has 1 N–H and O–H groups in total. The average molecular weight is 338 g/mol. The van der Waals surface area contributed by atoms with Gasteiger partial charge >= 0.3 is 0 Å². The summed E-state index contributed by atoms with van der Waals surface area (Å²) in [6.07, 6.45) is 10.4. The number of anilines is 1. The van der Waals surface area contributed by atoms with E-state index < -0.39 is 0 Å². The van der Waals surface area contributed by atoms with E-state index in [-0.39, 0.29) is 0 Å². The van der Waals surface area contributed by atoms with Gasteiger partial charge in [-0.15, -0.1) is 0 Å². The second kappa shape index (κ2) is 6.02. The maximum absolute atomic E-state index is 4.67. The minimum Gasteiger partial charge on any atom is -0.356 e. The van der Waals surface area contributed by atoms with Gasteiger partial charge < -0.3 is 10.2 Å². The number of pyridine rings is 1. The highest BCUT2D eigenvalue weighted by Crippen LogP contribution is 2.46. The van der Waals surface area contributed by atoms with E-state index in [0.29, 0.717) is 5.41 Å². The maximum Gasteiger partial charge on any atom is 0.133 e. The van der Waals surface area contributed by atoms with Gasteiger partial charge in [-0.3, -0.25) is 0 Å². The van der Waals surface area contributed by atoms with Crippen molar-refractivity contribution in [2.75, 3.05) is 25.0 Å². The molecule has 110 valence electrons. The Bertz CT molecular complexity index is 459. The first kappa shape index (κ1) is 14.3. The molecular formula is C16H24BrN3. The Morgan fingerprint density at radius 3 is 2.60 bits per heavy atom. The van der Waals surface area contributed by atoms with E-state index in [1.165, 1.54) is 63.0 Å². The van der Waals surface area contributed by atoms with E-state index in [4.69, 9.17) is 0 Å². The van der Waals surface area contributed by atoms with Gasteiger partial charge in [-0.05, 0) is 60.1 Å². The highest BCUT2D eigenvalue weighted by atomic mass is 79.9. The van der Waals surface area contributed by atoms with E-state index in [1.807, 2.05) is 13.2 Å². The predicted octanol–water partition coefficient (Wildman–Crippen LogP) is 3.72. The highest BCUT2D eigenvalue weighted by Gasteiger charge is 2.37. The van der Waals surface area contributed by atoms with Crippen LogP contribution in [0.2, 0.25) is 0 Å². The molecule has 1 saturated heterocycles. The molecule has 4 heteroatoms. The van der Waals surface area contributed by atoms with Crippen LogP contribution in [0.5, 0.6) is 0 Å². The van der Waals surface area contributed by atoms with Crippen LogP contribution in [0.15, 0.2) is 16.7 Å². The molecule has 0 radical (unpaired) electrons. The molecule has 1 aliphatic carbocycles. The van der Waals surface area contributed by atoms with Gasteiger partial charge in [0.25, 0.3) is 0 Å². The van der Waals surface area contributed by atoms with Crippen LogP contribution in [0.1, 0.15) is 44.1 Å². The van der Waals surface area contributed by atoms with Crippen LogP contribution < -0.4 is 10.2 Å². The topological polar surface area (TPSA) is 28.2 Å². The molecule has 0 bridgehead atoms. The quantitative estimate of drug-likeness (QED) is 0.910. The Morgan fingerprint density at radius 2 is 1.95 bits per heavy atom. The Morgan fingerprint density at radius 1 is 1.25 bits per heavy atom. The summed E-state index contributed by atoms with van der Waals surface area (Å²) >= 11 is 3.53. The van der Waals surface area contributed by atoms with Crippen molar-refractivity contribution >= 4 is 21.7 Å². The van der Waals surface area contributed by atoms with Gasteiger partial charge in [0, 0.05) is 35.9 Å². The predicted molar refractivity (Wildman–Crippen MR) is 87.0 cm³/mol. The third-order valence-corrected chi connectivity index (χ3v) is 5.50. The zero-order valence-electron chi connectivity index (χ0n) is 12.3. The zero-order chi connectivity index (χ0) is 14.0. The Labute approximate surface area is 130 Å². The van der Waals surface area contributed by atoms with Crippen molar-refractivity contribution in [2.24, 2.45) is 5.41 Å². The summed E-state index contributed by atoms with van der Waals surface area (Å²) in [6.45, 7) is 3.22. The summed E-state index contributed by atoms with van der Waals surface area (Å²) in [5, 5.41) is 3.25. The van der Waals surface area contributed by atoms with Crippen LogP contribution in [-0.4, -0.2) is 25.1 Å². The van der Waals surface area contributed by atoms with Crippen LogP contribution >= 0.6 is 15.9 Å². The average Bonchev–Trinajstić information content (AvgIpc) is 2.89. The van der Waals surface area contributed by atoms with Crippen LogP contribution in [0.4, 0.5) is 5.82 Å². The molecule has 2 heterocycles. The number of halogens is 1. The summed E-state index contributed by atoms with van der Waals surface area (Å²) in [6, 6.07) is 2.19. The van der Waals surface area contributed by atoms with E-state index >= 15 is 0 Å². The molecule has 1 aromatic rings. The summed E-state index contributed by atoms with van der Waals surface area (Å²) in [5.74, 6) is 1.18. The number of nitrogens with zero attached hydrogens (tertiary/aromatic N) is 2. The molecule has 0 unspecified atom stereocenters. The van der Waals surface area contributed by atoms with Crippen LogP contribution in [0, 0.1) is 5.41 Å².